The van der Waals surface area contributed by atoms with Crippen molar-refractivity contribution in [2.24, 2.45) is 5.92 Å². The first-order chi connectivity index (χ1) is 14.5. The van der Waals surface area contributed by atoms with E-state index in [1.807, 2.05) is 86.6 Å². The molecule has 5 heteroatoms. The molecule has 0 bridgehead atoms. The van der Waals surface area contributed by atoms with Crippen LogP contribution in [0.3, 0.4) is 0 Å². The van der Waals surface area contributed by atoms with Crippen molar-refractivity contribution in [1.29, 1.82) is 0 Å². The third-order valence-corrected chi connectivity index (χ3v) is 5.80. The van der Waals surface area contributed by atoms with Gasteiger partial charge in [-0.1, -0.05) is 60.2 Å². The van der Waals surface area contributed by atoms with Crippen LogP contribution in [-0.2, 0) is 14.4 Å². The maximum Gasteiger partial charge on any atom is 0.266 e. The van der Waals surface area contributed by atoms with Crippen molar-refractivity contribution < 1.29 is 14.4 Å². The molecule has 2 aliphatic heterocycles. The summed E-state index contributed by atoms with van der Waals surface area (Å²) in [5, 5.41) is 1.73. The van der Waals surface area contributed by atoms with Gasteiger partial charge in [0.2, 0.25) is 5.91 Å². The van der Waals surface area contributed by atoms with Gasteiger partial charge in [-0.2, -0.15) is 0 Å². The highest BCUT2D eigenvalue weighted by Gasteiger charge is 2.60. The van der Waals surface area contributed by atoms with Gasteiger partial charge in [-0.3, -0.25) is 14.4 Å². The lowest BCUT2D eigenvalue weighted by Crippen LogP contribution is -2.37. The van der Waals surface area contributed by atoms with E-state index in [4.69, 9.17) is 4.84 Å². The van der Waals surface area contributed by atoms with Gasteiger partial charge in [-0.05, 0) is 49.2 Å². The number of carbonyl (C=O) groups is 2. The molecule has 3 aromatic carbocycles. The van der Waals surface area contributed by atoms with E-state index in [9.17, 15) is 9.59 Å². The van der Waals surface area contributed by atoms with Crippen LogP contribution in [0.15, 0.2) is 78.9 Å². The van der Waals surface area contributed by atoms with Crippen LogP contribution >= 0.6 is 0 Å². The van der Waals surface area contributed by atoms with Crippen LogP contribution in [0.5, 0.6) is 0 Å². The summed E-state index contributed by atoms with van der Waals surface area (Å²) in [4.78, 5) is 34.2. The van der Waals surface area contributed by atoms with Gasteiger partial charge in [0.25, 0.3) is 5.91 Å². The maximum absolute atomic E-state index is 13.5. The number of aryl methyl sites for hydroxylation is 2. The van der Waals surface area contributed by atoms with Gasteiger partial charge in [0.1, 0.15) is 5.92 Å². The summed E-state index contributed by atoms with van der Waals surface area (Å²) in [7, 11) is 0. The summed E-state index contributed by atoms with van der Waals surface area (Å²) in [5.41, 5.74) is 4.49. The molecule has 0 saturated carbocycles. The molecule has 2 fully saturated rings. The van der Waals surface area contributed by atoms with E-state index < -0.39 is 12.0 Å². The number of imide groups is 1. The summed E-state index contributed by atoms with van der Waals surface area (Å²) in [5.74, 6) is -1.15. The molecule has 150 valence electrons. The quantitative estimate of drug-likeness (QED) is 0.616. The van der Waals surface area contributed by atoms with E-state index in [2.05, 4.69) is 0 Å². The van der Waals surface area contributed by atoms with E-state index in [-0.39, 0.29) is 17.9 Å². The lowest BCUT2D eigenvalue weighted by Gasteiger charge is -2.28. The molecular formula is C25H22N2O3. The second-order valence-corrected chi connectivity index (χ2v) is 7.92. The second kappa shape index (κ2) is 7.11. The van der Waals surface area contributed by atoms with Crippen LogP contribution in [0.25, 0.3) is 0 Å². The number of hydrogen-bond donors (Lipinski definition) is 0. The Morgan fingerprint density at radius 3 is 2.13 bits per heavy atom. The number of para-hydroxylation sites is 1. The SMILES string of the molecule is Cc1ccc(C2C3C(=O)N(c4cccc(C)c4)C(=O)C3ON2c2ccccc2)cc1. The van der Waals surface area contributed by atoms with Crippen LogP contribution in [0.1, 0.15) is 22.7 Å². The standard InChI is InChI=1S/C25H22N2O3/c1-16-11-13-18(14-12-16)22-21-23(30-27(22)19-8-4-3-5-9-19)25(29)26(24(21)28)20-10-6-7-17(2)15-20/h3-15,21-23H,1-2H3. The molecule has 0 aliphatic carbocycles. The minimum Gasteiger partial charge on any atom is -0.273 e. The number of carbonyl (C=O) groups excluding carboxylic acids is 2. The molecule has 5 rings (SSSR count). The summed E-state index contributed by atoms with van der Waals surface area (Å²) in [6, 6.07) is 24.7. The van der Waals surface area contributed by atoms with E-state index in [0.717, 1.165) is 22.4 Å². The number of anilines is 2. The molecule has 3 unspecified atom stereocenters. The van der Waals surface area contributed by atoms with E-state index >= 15 is 0 Å². The molecule has 30 heavy (non-hydrogen) atoms. The summed E-state index contributed by atoms with van der Waals surface area (Å²) in [6.07, 6.45) is -0.843. The zero-order chi connectivity index (χ0) is 20.8. The Balaban J connectivity index is 1.59. The van der Waals surface area contributed by atoms with Crippen molar-refractivity contribution in [3.63, 3.8) is 0 Å². The Labute approximate surface area is 175 Å². The first-order valence-electron chi connectivity index (χ1n) is 10.1. The van der Waals surface area contributed by atoms with Crippen molar-refractivity contribution >= 4 is 23.2 Å². The Morgan fingerprint density at radius 2 is 1.43 bits per heavy atom. The van der Waals surface area contributed by atoms with Crippen LogP contribution in [-0.4, -0.2) is 17.9 Å². The molecule has 5 nitrogen and oxygen atoms in total. The van der Waals surface area contributed by atoms with E-state index in [1.54, 1.807) is 11.1 Å². The number of amides is 2. The molecule has 0 aromatic heterocycles. The highest BCUT2D eigenvalue weighted by Crippen LogP contribution is 2.47. The number of hydroxylamine groups is 1. The van der Waals surface area contributed by atoms with E-state index in [1.165, 1.54) is 4.90 Å². The largest absolute Gasteiger partial charge is 0.273 e. The highest BCUT2D eigenvalue weighted by molar-refractivity contribution is 6.23. The Hall–Kier alpha value is -3.44. The molecule has 3 atom stereocenters. The van der Waals surface area contributed by atoms with Crippen LogP contribution in [0, 0.1) is 19.8 Å². The number of nitrogens with zero attached hydrogens (tertiary/aromatic N) is 2. The molecule has 3 aromatic rings. The van der Waals surface area contributed by atoms with Gasteiger partial charge in [-0.25, -0.2) is 9.96 Å². The Kier molecular flexibility index (Phi) is 4.40. The number of rotatable bonds is 3. The van der Waals surface area contributed by atoms with Gasteiger partial charge in [0, 0.05) is 0 Å². The van der Waals surface area contributed by atoms with Crippen molar-refractivity contribution in [1.82, 2.24) is 0 Å². The zero-order valence-corrected chi connectivity index (χ0v) is 16.9. The fourth-order valence-corrected chi connectivity index (χ4v) is 4.34. The van der Waals surface area contributed by atoms with Gasteiger partial charge >= 0.3 is 0 Å². The van der Waals surface area contributed by atoms with Gasteiger partial charge < -0.3 is 0 Å². The molecule has 0 N–H and O–H groups in total. The summed E-state index contributed by atoms with van der Waals surface area (Å²) in [6.45, 7) is 3.97. The van der Waals surface area contributed by atoms with Crippen molar-refractivity contribution in [2.75, 3.05) is 9.96 Å². The van der Waals surface area contributed by atoms with Gasteiger partial charge in [0.15, 0.2) is 6.10 Å². The molecule has 2 amide bonds. The first-order valence-corrected chi connectivity index (χ1v) is 10.1. The average Bonchev–Trinajstić information content (AvgIpc) is 3.26. The van der Waals surface area contributed by atoms with Crippen LogP contribution in [0.2, 0.25) is 0 Å². The average molecular weight is 398 g/mol. The molecule has 0 spiro atoms. The predicted molar refractivity (Wildman–Crippen MR) is 115 cm³/mol. The van der Waals surface area contributed by atoms with Crippen LogP contribution < -0.4 is 9.96 Å². The maximum atomic E-state index is 13.5. The van der Waals surface area contributed by atoms with Crippen molar-refractivity contribution in [3.8, 4) is 0 Å². The molecule has 2 heterocycles. The molecular weight excluding hydrogens is 376 g/mol. The number of fused-ring (bicyclic) bond motifs is 1. The van der Waals surface area contributed by atoms with Crippen LogP contribution in [0.4, 0.5) is 11.4 Å². The lowest BCUT2D eigenvalue weighted by molar-refractivity contribution is -0.126. The topological polar surface area (TPSA) is 49.9 Å². The molecule has 2 saturated heterocycles. The molecule has 2 aliphatic rings. The van der Waals surface area contributed by atoms with E-state index in [0.29, 0.717) is 5.69 Å². The predicted octanol–water partition coefficient (Wildman–Crippen LogP) is 4.35. The minimum atomic E-state index is -0.843. The second-order valence-electron chi connectivity index (χ2n) is 7.92. The summed E-state index contributed by atoms with van der Waals surface area (Å²) < 4.78 is 0. The zero-order valence-electron chi connectivity index (χ0n) is 16.9. The van der Waals surface area contributed by atoms with Gasteiger partial charge in [0.05, 0.1) is 17.4 Å². The van der Waals surface area contributed by atoms with Crippen molar-refractivity contribution in [2.45, 2.75) is 26.0 Å². The number of benzene rings is 3. The fraction of sp³-hybridized carbons (Fsp3) is 0.200. The lowest BCUT2D eigenvalue weighted by atomic mass is 9.90. The third-order valence-electron chi connectivity index (χ3n) is 5.80. The minimum absolute atomic E-state index is 0.223. The smallest absolute Gasteiger partial charge is 0.266 e. The van der Waals surface area contributed by atoms with Crippen molar-refractivity contribution in [3.05, 3.63) is 95.6 Å². The van der Waals surface area contributed by atoms with Gasteiger partial charge in [-0.15, -0.1) is 0 Å². The third kappa shape index (κ3) is 2.90. The molecule has 0 radical (unpaired) electrons. The highest BCUT2D eigenvalue weighted by atomic mass is 16.7. The monoisotopic (exact) mass is 398 g/mol. The Bertz CT molecular complexity index is 1110. The Morgan fingerprint density at radius 1 is 0.733 bits per heavy atom. The summed E-state index contributed by atoms with van der Waals surface area (Å²) >= 11 is 0. The normalized spacial score (nSPS) is 23.2. The first kappa shape index (κ1) is 18.6. The fourth-order valence-electron chi connectivity index (χ4n) is 4.34. The number of hydrogen-bond acceptors (Lipinski definition) is 4.